The number of hydrogen-bond acceptors (Lipinski definition) is 4. The molecular weight excluding hydrogens is 349 g/mol. The highest BCUT2D eigenvalue weighted by Gasteiger charge is 2.41. The van der Waals surface area contributed by atoms with Crippen molar-refractivity contribution in [2.24, 2.45) is 4.99 Å². The summed E-state index contributed by atoms with van der Waals surface area (Å²) < 4.78 is 49.8. The van der Waals surface area contributed by atoms with Crippen molar-refractivity contribution in [3.8, 4) is 0 Å². The second kappa shape index (κ2) is 9.23. The quantitative estimate of drug-likeness (QED) is 0.581. The van der Waals surface area contributed by atoms with Gasteiger partial charge in [0.05, 0.1) is 12.1 Å². The molecule has 9 heteroatoms. The van der Waals surface area contributed by atoms with Gasteiger partial charge in [-0.15, -0.1) is 0 Å². The highest BCUT2D eigenvalue weighted by atomic mass is 19.4. The van der Waals surface area contributed by atoms with Crippen LogP contribution in [-0.2, 0) is 9.47 Å². The maximum Gasteiger partial charge on any atom is 0.403 e. The highest BCUT2D eigenvalue weighted by molar-refractivity contribution is 5.80. The first-order valence-electron chi connectivity index (χ1n) is 9.28. The molecule has 2 aliphatic heterocycles. The molecular formula is C17H31F3N4O2. The third kappa shape index (κ3) is 5.47. The lowest BCUT2D eigenvalue weighted by molar-refractivity contribution is -0.181. The number of methoxy groups -OCH3 is 1. The van der Waals surface area contributed by atoms with Crippen LogP contribution in [-0.4, -0.2) is 93.2 Å². The number of guanidine groups is 1. The molecule has 1 atom stereocenters. The first kappa shape index (κ1) is 21.2. The molecule has 0 amide bonds. The number of nitrogens with one attached hydrogen (secondary N) is 1. The van der Waals surface area contributed by atoms with Crippen molar-refractivity contribution in [1.82, 2.24) is 15.1 Å². The molecule has 2 aliphatic rings. The fourth-order valence-electron chi connectivity index (χ4n) is 3.34. The summed E-state index contributed by atoms with van der Waals surface area (Å²) in [6.45, 7) is 7.55. The molecule has 0 saturated carbocycles. The molecule has 0 aromatic rings. The molecule has 0 radical (unpaired) electrons. The summed E-state index contributed by atoms with van der Waals surface area (Å²) in [4.78, 5) is 8.25. The van der Waals surface area contributed by atoms with Crippen LogP contribution < -0.4 is 5.32 Å². The molecule has 2 fully saturated rings. The number of aliphatic imine (C=N–C) groups is 1. The zero-order valence-electron chi connectivity index (χ0n) is 15.9. The number of rotatable bonds is 5. The van der Waals surface area contributed by atoms with E-state index in [4.69, 9.17) is 14.5 Å². The van der Waals surface area contributed by atoms with Crippen molar-refractivity contribution in [2.45, 2.75) is 44.5 Å². The van der Waals surface area contributed by atoms with Gasteiger partial charge in [-0.05, 0) is 13.8 Å². The Hall–Kier alpha value is -1.06. The van der Waals surface area contributed by atoms with E-state index in [2.05, 4.69) is 5.32 Å². The van der Waals surface area contributed by atoms with Crippen molar-refractivity contribution in [3.63, 3.8) is 0 Å². The third-order valence-electron chi connectivity index (χ3n) is 5.32. The van der Waals surface area contributed by atoms with E-state index in [1.807, 2.05) is 11.8 Å². The van der Waals surface area contributed by atoms with Crippen LogP contribution in [0.15, 0.2) is 4.99 Å². The molecule has 0 spiro atoms. The molecule has 2 heterocycles. The van der Waals surface area contributed by atoms with Gasteiger partial charge >= 0.3 is 6.18 Å². The molecule has 2 saturated heterocycles. The van der Waals surface area contributed by atoms with Gasteiger partial charge in [0.1, 0.15) is 6.04 Å². The average molecular weight is 380 g/mol. The van der Waals surface area contributed by atoms with Gasteiger partial charge in [0, 0.05) is 65.9 Å². The summed E-state index contributed by atoms with van der Waals surface area (Å²) in [5.74, 6) is 0.745. The number of halogens is 3. The molecule has 0 aromatic heterocycles. The molecule has 1 N–H and O–H groups in total. The normalized spacial score (nSPS) is 23.8. The Kier molecular flexibility index (Phi) is 7.54. The van der Waals surface area contributed by atoms with Gasteiger partial charge in [0.15, 0.2) is 5.96 Å². The van der Waals surface area contributed by atoms with E-state index in [1.54, 1.807) is 7.11 Å². The lowest BCUT2D eigenvalue weighted by Gasteiger charge is -2.40. The zero-order chi connectivity index (χ0) is 19.2. The van der Waals surface area contributed by atoms with E-state index in [0.29, 0.717) is 52.5 Å². The minimum atomic E-state index is -4.19. The highest BCUT2D eigenvalue weighted by Crippen LogP contribution is 2.26. The summed E-state index contributed by atoms with van der Waals surface area (Å²) in [6.07, 6.45) is -2.60. The van der Waals surface area contributed by atoms with E-state index in [9.17, 15) is 13.2 Å². The molecule has 26 heavy (non-hydrogen) atoms. The first-order chi connectivity index (χ1) is 12.3. The second-order valence-electron chi connectivity index (χ2n) is 6.91. The molecule has 0 aliphatic carbocycles. The molecule has 152 valence electrons. The largest absolute Gasteiger partial charge is 0.403 e. The maximum atomic E-state index is 12.9. The van der Waals surface area contributed by atoms with Crippen molar-refractivity contribution >= 4 is 5.96 Å². The standard InChI is InChI=1S/C17H31F3N4O2/c1-4-21-15(22-13-16(25-3)5-11-26-12-6-16)24-9-7-23(8-10-24)14(2)17(18,19)20/h14H,4-13H2,1-3H3,(H,21,22). The molecule has 0 bridgehead atoms. The topological polar surface area (TPSA) is 49.3 Å². The summed E-state index contributed by atoms with van der Waals surface area (Å²) >= 11 is 0. The van der Waals surface area contributed by atoms with Gasteiger partial charge < -0.3 is 19.7 Å². The van der Waals surface area contributed by atoms with Gasteiger partial charge in [-0.3, -0.25) is 9.89 Å². The number of piperazine rings is 1. The monoisotopic (exact) mass is 380 g/mol. The van der Waals surface area contributed by atoms with E-state index in [0.717, 1.165) is 18.8 Å². The number of nitrogens with zero attached hydrogens (tertiary/aromatic N) is 3. The van der Waals surface area contributed by atoms with Gasteiger partial charge in [-0.25, -0.2) is 0 Å². The Balaban J connectivity index is 1.97. The molecule has 1 unspecified atom stereocenters. The van der Waals surface area contributed by atoms with Crippen molar-refractivity contribution < 1.29 is 22.6 Å². The smallest absolute Gasteiger partial charge is 0.381 e. The lowest BCUT2D eigenvalue weighted by Crippen LogP contribution is -2.57. The van der Waals surface area contributed by atoms with Crippen LogP contribution in [0.2, 0.25) is 0 Å². The summed E-state index contributed by atoms with van der Waals surface area (Å²) in [5.41, 5.74) is -0.314. The van der Waals surface area contributed by atoms with Gasteiger partial charge in [0.2, 0.25) is 0 Å². The van der Waals surface area contributed by atoms with Crippen LogP contribution in [0.4, 0.5) is 13.2 Å². The van der Waals surface area contributed by atoms with Crippen molar-refractivity contribution in [3.05, 3.63) is 0 Å². The Morgan fingerprint density at radius 3 is 2.35 bits per heavy atom. The van der Waals surface area contributed by atoms with Crippen molar-refractivity contribution in [2.75, 3.05) is 59.6 Å². The van der Waals surface area contributed by atoms with Gasteiger partial charge in [0.25, 0.3) is 0 Å². The van der Waals surface area contributed by atoms with Crippen LogP contribution in [0.3, 0.4) is 0 Å². The fraction of sp³-hybridized carbons (Fsp3) is 0.941. The number of ether oxygens (including phenoxy) is 2. The van der Waals surface area contributed by atoms with E-state index in [-0.39, 0.29) is 5.60 Å². The van der Waals surface area contributed by atoms with E-state index in [1.165, 1.54) is 11.8 Å². The SMILES string of the molecule is CCNC(=NCC1(OC)CCOCC1)N1CCN(C(C)C(F)(F)F)CC1. The summed E-state index contributed by atoms with van der Waals surface area (Å²) in [5, 5.41) is 3.26. The molecule has 0 aromatic carbocycles. The van der Waals surface area contributed by atoms with Crippen LogP contribution in [0.25, 0.3) is 0 Å². The Labute approximate surface area is 153 Å². The van der Waals surface area contributed by atoms with Crippen LogP contribution in [0.1, 0.15) is 26.7 Å². The van der Waals surface area contributed by atoms with Crippen molar-refractivity contribution in [1.29, 1.82) is 0 Å². The van der Waals surface area contributed by atoms with Crippen LogP contribution in [0.5, 0.6) is 0 Å². The predicted octanol–water partition coefficient (Wildman–Crippen LogP) is 1.72. The number of alkyl halides is 3. The minimum Gasteiger partial charge on any atom is -0.381 e. The average Bonchev–Trinajstić information content (AvgIpc) is 2.65. The van der Waals surface area contributed by atoms with Gasteiger partial charge in [-0.1, -0.05) is 0 Å². The third-order valence-corrected chi connectivity index (χ3v) is 5.32. The Morgan fingerprint density at radius 2 is 1.85 bits per heavy atom. The van der Waals surface area contributed by atoms with Crippen LogP contribution in [0, 0.1) is 0 Å². The zero-order valence-corrected chi connectivity index (χ0v) is 15.9. The molecule has 2 rings (SSSR count). The Bertz CT molecular complexity index is 459. The summed E-state index contributed by atoms with van der Waals surface area (Å²) in [7, 11) is 1.70. The fourth-order valence-corrected chi connectivity index (χ4v) is 3.34. The van der Waals surface area contributed by atoms with Gasteiger partial charge in [-0.2, -0.15) is 13.2 Å². The second-order valence-corrected chi connectivity index (χ2v) is 6.91. The first-order valence-corrected chi connectivity index (χ1v) is 9.28. The number of hydrogen-bond donors (Lipinski definition) is 1. The predicted molar refractivity (Wildman–Crippen MR) is 94.4 cm³/mol. The minimum absolute atomic E-state index is 0.314. The summed E-state index contributed by atoms with van der Waals surface area (Å²) in [6, 6.07) is -1.41. The van der Waals surface area contributed by atoms with E-state index >= 15 is 0 Å². The molecule has 6 nitrogen and oxygen atoms in total. The van der Waals surface area contributed by atoms with E-state index < -0.39 is 12.2 Å². The van der Waals surface area contributed by atoms with Crippen LogP contribution >= 0.6 is 0 Å². The maximum absolute atomic E-state index is 12.9. The lowest BCUT2D eigenvalue weighted by atomic mass is 9.94. The Morgan fingerprint density at radius 1 is 1.23 bits per heavy atom.